The Morgan fingerprint density at radius 1 is 0.744 bits per heavy atom. The monoisotopic (exact) mass is 533 g/mol. The fourth-order valence-electron chi connectivity index (χ4n) is 3.82. The highest BCUT2D eigenvalue weighted by atomic mass is 16.5. The number of aromatic carboxylic acids is 1. The van der Waals surface area contributed by atoms with Gasteiger partial charge in [-0.05, 0) is 42.3 Å². The molecule has 9 heteroatoms. The van der Waals surface area contributed by atoms with E-state index < -0.39 is 11.9 Å². The summed E-state index contributed by atoms with van der Waals surface area (Å²) in [6, 6.07) is 25.3. The molecule has 0 fully saturated rings. The van der Waals surface area contributed by atoms with Crippen molar-refractivity contribution >= 4 is 11.9 Å². The zero-order valence-electron chi connectivity index (χ0n) is 22.0. The molecule has 0 spiro atoms. The van der Waals surface area contributed by atoms with Gasteiger partial charge in [-0.25, -0.2) is 9.59 Å². The summed E-state index contributed by atoms with van der Waals surface area (Å²) in [4.78, 5) is 25.9. The Kier molecular flexibility index (Phi) is 10.5. The van der Waals surface area contributed by atoms with Gasteiger partial charge in [0.05, 0.1) is 13.7 Å². The molecule has 204 valence electrons. The number of hydrogen-bond donors (Lipinski definition) is 2. The van der Waals surface area contributed by atoms with Gasteiger partial charge >= 0.3 is 11.9 Å². The first kappa shape index (κ1) is 28.8. The Balaban J connectivity index is 0.00000205. The highest BCUT2D eigenvalue weighted by molar-refractivity contribution is 6.00. The molecule has 0 atom stereocenters. The van der Waals surface area contributed by atoms with Crippen molar-refractivity contribution in [3.05, 3.63) is 107 Å². The summed E-state index contributed by atoms with van der Waals surface area (Å²) in [6.45, 7) is 1.92. The van der Waals surface area contributed by atoms with Crippen LogP contribution in [0.5, 0.6) is 17.2 Å². The van der Waals surface area contributed by atoms with Crippen LogP contribution in [0, 0.1) is 0 Å². The van der Waals surface area contributed by atoms with Crippen molar-refractivity contribution in [2.45, 2.75) is 20.1 Å². The van der Waals surface area contributed by atoms with Crippen molar-refractivity contribution in [3.8, 4) is 22.9 Å². The molecule has 2 N–H and O–H groups in total. The van der Waals surface area contributed by atoms with Crippen LogP contribution in [-0.4, -0.2) is 47.5 Å². The molecule has 0 amide bonds. The van der Waals surface area contributed by atoms with E-state index in [1.165, 1.54) is 11.7 Å². The molecule has 1 aromatic heterocycles. The third-order valence-corrected chi connectivity index (χ3v) is 5.54. The third-order valence-electron chi connectivity index (χ3n) is 5.54. The van der Waals surface area contributed by atoms with E-state index in [9.17, 15) is 14.7 Å². The number of carbonyl (C=O) groups excluding carboxylic acids is 1. The average molecular weight is 534 g/mol. The normalized spacial score (nSPS) is 10.2. The van der Waals surface area contributed by atoms with Crippen LogP contribution in [0.1, 0.15) is 39.0 Å². The second kappa shape index (κ2) is 14.3. The van der Waals surface area contributed by atoms with Crippen molar-refractivity contribution in [1.82, 2.24) is 4.57 Å². The van der Waals surface area contributed by atoms with E-state index in [0.717, 1.165) is 18.2 Å². The number of benzene rings is 3. The van der Waals surface area contributed by atoms with E-state index in [4.69, 9.17) is 24.1 Å². The van der Waals surface area contributed by atoms with Crippen molar-refractivity contribution < 1.29 is 38.7 Å². The van der Waals surface area contributed by atoms with Gasteiger partial charge in [-0.2, -0.15) is 0 Å². The van der Waals surface area contributed by atoms with Crippen LogP contribution < -0.4 is 14.2 Å². The topological polar surface area (TPSA) is 116 Å². The van der Waals surface area contributed by atoms with E-state index in [2.05, 4.69) is 0 Å². The average Bonchev–Trinajstić information content (AvgIpc) is 3.31. The van der Waals surface area contributed by atoms with Gasteiger partial charge in [-0.3, -0.25) is 4.57 Å². The molecule has 0 saturated carbocycles. The number of aromatic nitrogens is 1. The Labute approximate surface area is 226 Å². The standard InChI is InChI=1S/C29H27NO7.CH4O/c1-3-35-29(33)25-27(37-19-21-12-8-5-9-13-21)26(36-18-20-10-6-4-7-11-20)24(28(31)32)30(25)22-14-16-23(34-2)17-15-22;1-2/h4-17H,3,18-19H2,1-2H3,(H,31,32);2H,1H3. The first-order chi connectivity index (χ1) is 19.0. The quantitative estimate of drug-likeness (QED) is 0.255. The van der Waals surface area contributed by atoms with Gasteiger partial charge in [0, 0.05) is 12.8 Å². The maximum absolute atomic E-state index is 13.3. The zero-order valence-corrected chi connectivity index (χ0v) is 22.0. The fraction of sp³-hybridized carbons (Fsp3) is 0.200. The highest BCUT2D eigenvalue weighted by Gasteiger charge is 2.35. The number of esters is 1. The van der Waals surface area contributed by atoms with Gasteiger partial charge in [0.1, 0.15) is 19.0 Å². The summed E-state index contributed by atoms with van der Waals surface area (Å²) in [6.07, 6.45) is 0. The molecule has 0 unspecified atom stereocenters. The molecule has 1 heterocycles. The van der Waals surface area contributed by atoms with Gasteiger partial charge in [-0.15, -0.1) is 0 Å². The number of hydrogen-bond acceptors (Lipinski definition) is 7. The number of ether oxygens (including phenoxy) is 4. The highest BCUT2D eigenvalue weighted by Crippen LogP contribution is 2.42. The third kappa shape index (κ3) is 6.97. The fourth-order valence-corrected chi connectivity index (χ4v) is 3.82. The van der Waals surface area contributed by atoms with E-state index in [0.29, 0.717) is 11.4 Å². The molecular weight excluding hydrogens is 502 g/mol. The van der Waals surface area contributed by atoms with Crippen LogP contribution in [0.15, 0.2) is 84.9 Å². The largest absolute Gasteiger partial charge is 0.497 e. The molecule has 4 aromatic rings. The maximum atomic E-state index is 13.3. The second-order valence-electron chi connectivity index (χ2n) is 7.96. The minimum atomic E-state index is -1.29. The van der Waals surface area contributed by atoms with Crippen LogP contribution in [0.3, 0.4) is 0 Å². The predicted molar refractivity (Wildman–Crippen MR) is 145 cm³/mol. The summed E-state index contributed by atoms with van der Waals surface area (Å²) in [5, 5.41) is 17.3. The smallest absolute Gasteiger partial charge is 0.359 e. The molecule has 0 aliphatic heterocycles. The number of methoxy groups -OCH3 is 1. The Morgan fingerprint density at radius 2 is 1.23 bits per heavy atom. The number of rotatable bonds is 11. The SMILES string of the molecule is CCOC(=O)c1c(OCc2ccccc2)c(OCc2ccccc2)c(C(=O)O)n1-c1ccc(OC)cc1.CO. The molecule has 0 aliphatic carbocycles. The Morgan fingerprint density at radius 3 is 1.67 bits per heavy atom. The van der Waals surface area contributed by atoms with Crippen LogP contribution >= 0.6 is 0 Å². The molecule has 3 aromatic carbocycles. The van der Waals surface area contributed by atoms with Gasteiger partial charge in [0.2, 0.25) is 0 Å². The van der Waals surface area contributed by atoms with Crippen molar-refractivity contribution in [3.63, 3.8) is 0 Å². The lowest BCUT2D eigenvalue weighted by molar-refractivity contribution is 0.0511. The van der Waals surface area contributed by atoms with Crippen LogP contribution in [0.4, 0.5) is 0 Å². The lowest BCUT2D eigenvalue weighted by Crippen LogP contribution is -2.16. The van der Waals surface area contributed by atoms with Crippen LogP contribution in [-0.2, 0) is 18.0 Å². The molecule has 9 nitrogen and oxygen atoms in total. The summed E-state index contributed by atoms with van der Waals surface area (Å²) < 4.78 is 24.0. The predicted octanol–water partition coefficient (Wildman–Crippen LogP) is 5.13. The first-order valence-corrected chi connectivity index (χ1v) is 12.1. The number of aliphatic hydroxyl groups excluding tert-OH is 1. The van der Waals surface area contributed by atoms with Gasteiger partial charge < -0.3 is 29.2 Å². The van der Waals surface area contributed by atoms with E-state index >= 15 is 0 Å². The number of carboxylic acid groups (broad SMARTS) is 1. The minimum Gasteiger partial charge on any atom is -0.497 e. The summed E-state index contributed by atoms with van der Waals surface area (Å²) in [5.41, 5.74) is 1.72. The van der Waals surface area contributed by atoms with Crippen LogP contribution in [0.2, 0.25) is 0 Å². The molecule has 39 heavy (non-hydrogen) atoms. The molecule has 4 rings (SSSR count). The van der Waals surface area contributed by atoms with E-state index in [-0.39, 0.29) is 42.7 Å². The molecule has 0 radical (unpaired) electrons. The summed E-state index contributed by atoms with van der Waals surface area (Å²) in [7, 11) is 2.53. The van der Waals surface area contributed by atoms with E-state index in [1.807, 2.05) is 60.7 Å². The number of aliphatic hydroxyl groups is 1. The number of carbonyl (C=O) groups is 2. The van der Waals surface area contributed by atoms with Crippen molar-refractivity contribution in [1.29, 1.82) is 0 Å². The maximum Gasteiger partial charge on any atom is 0.359 e. The summed E-state index contributed by atoms with van der Waals surface area (Å²) >= 11 is 0. The first-order valence-electron chi connectivity index (χ1n) is 12.1. The molecular formula is C30H31NO8. The summed E-state index contributed by atoms with van der Waals surface area (Å²) in [5.74, 6) is -1.53. The van der Waals surface area contributed by atoms with Crippen molar-refractivity contribution in [2.75, 3.05) is 20.8 Å². The lowest BCUT2D eigenvalue weighted by atomic mass is 10.2. The zero-order chi connectivity index (χ0) is 28.2. The number of carboxylic acids is 1. The van der Waals surface area contributed by atoms with E-state index in [1.54, 1.807) is 31.2 Å². The Hall–Kier alpha value is -4.76. The van der Waals surface area contributed by atoms with Gasteiger partial charge in [-0.1, -0.05) is 60.7 Å². The minimum absolute atomic E-state index is 0.00791. The molecule has 0 bridgehead atoms. The molecule has 0 saturated heterocycles. The second-order valence-corrected chi connectivity index (χ2v) is 7.96. The van der Waals surface area contributed by atoms with Gasteiger partial charge in [0.15, 0.2) is 22.9 Å². The molecule has 0 aliphatic rings. The van der Waals surface area contributed by atoms with Gasteiger partial charge in [0.25, 0.3) is 0 Å². The van der Waals surface area contributed by atoms with Crippen molar-refractivity contribution in [2.24, 2.45) is 0 Å². The Bertz CT molecular complexity index is 1350. The van der Waals surface area contributed by atoms with Crippen LogP contribution in [0.25, 0.3) is 5.69 Å². The lowest BCUT2D eigenvalue weighted by Gasteiger charge is -2.12. The number of nitrogens with zero attached hydrogens (tertiary/aromatic N) is 1.